The Labute approximate surface area is 190 Å². The number of hydrogen-bond acceptors (Lipinski definition) is 8. The first kappa shape index (κ1) is 22.3. The Morgan fingerprint density at radius 1 is 1.09 bits per heavy atom. The predicted octanol–water partition coefficient (Wildman–Crippen LogP) is 4.41. The number of carbonyl (C=O) groups is 1. The Morgan fingerprint density at radius 3 is 2.67 bits per heavy atom. The van der Waals surface area contributed by atoms with E-state index in [2.05, 4.69) is 15.3 Å². The van der Waals surface area contributed by atoms with Gasteiger partial charge in [0.1, 0.15) is 17.9 Å². The number of fused-ring (bicyclic) bond motifs is 2. The molecule has 0 aliphatic rings. The highest BCUT2D eigenvalue weighted by Crippen LogP contribution is 2.28. The molecule has 0 spiro atoms. The molecule has 0 fully saturated rings. The topological polar surface area (TPSA) is 108 Å². The van der Waals surface area contributed by atoms with Crippen molar-refractivity contribution in [3.05, 3.63) is 53.3 Å². The smallest absolute Gasteiger partial charge is 0.419 e. The van der Waals surface area contributed by atoms with Crippen molar-refractivity contribution in [2.45, 2.75) is 39.7 Å². The van der Waals surface area contributed by atoms with Crippen LogP contribution in [0, 0.1) is 0 Å². The molecule has 0 saturated carbocycles. The fourth-order valence-electron chi connectivity index (χ4n) is 3.63. The van der Waals surface area contributed by atoms with Gasteiger partial charge >= 0.3 is 11.7 Å². The van der Waals surface area contributed by atoms with Crippen molar-refractivity contribution >= 4 is 39.5 Å². The second kappa shape index (κ2) is 10.2. The van der Waals surface area contributed by atoms with Crippen LogP contribution in [-0.2, 0) is 16.1 Å². The van der Waals surface area contributed by atoms with Gasteiger partial charge in [0.2, 0.25) is 0 Å². The van der Waals surface area contributed by atoms with E-state index in [-0.39, 0.29) is 5.97 Å². The van der Waals surface area contributed by atoms with Crippen molar-refractivity contribution in [3.8, 4) is 5.75 Å². The summed E-state index contributed by atoms with van der Waals surface area (Å²) < 4.78 is 17.5. The Balaban J connectivity index is 1.59. The summed E-state index contributed by atoms with van der Waals surface area (Å²) in [5.74, 6) is 0.747. The third-order valence-corrected chi connectivity index (χ3v) is 5.17. The van der Waals surface area contributed by atoms with Crippen LogP contribution in [0.3, 0.4) is 0 Å². The monoisotopic (exact) mass is 450 g/mol. The number of hydrogen-bond donors (Lipinski definition) is 1. The number of nitrogens with zero attached hydrogens (tertiary/aromatic N) is 3. The lowest BCUT2D eigenvalue weighted by molar-refractivity contribution is -0.143. The number of esters is 1. The molecule has 2 heterocycles. The van der Waals surface area contributed by atoms with Gasteiger partial charge in [-0.3, -0.25) is 9.36 Å². The maximum Gasteiger partial charge on any atom is 0.419 e. The number of nitrogens with one attached hydrogen (secondary N) is 1. The molecule has 0 atom stereocenters. The van der Waals surface area contributed by atoms with E-state index in [0.29, 0.717) is 61.5 Å². The summed E-state index contributed by atoms with van der Waals surface area (Å²) in [4.78, 5) is 32.7. The molecule has 1 N–H and O–H groups in total. The largest absolute Gasteiger partial charge is 0.494 e. The van der Waals surface area contributed by atoms with Gasteiger partial charge in [-0.15, -0.1) is 0 Å². The van der Waals surface area contributed by atoms with Crippen LogP contribution in [-0.4, -0.2) is 33.7 Å². The predicted molar refractivity (Wildman–Crippen MR) is 125 cm³/mol. The van der Waals surface area contributed by atoms with Gasteiger partial charge in [-0.1, -0.05) is 0 Å². The van der Waals surface area contributed by atoms with Gasteiger partial charge in [-0.2, -0.15) is 0 Å². The molecular formula is C24H26N4O5. The Bertz CT molecular complexity index is 1310. The van der Waals surface area contributed by atoms with Crippen LogP contribution < -0.4 is 15.8 Å². The summed E-state index contributed by atoms with van der Waals surface area (Å²) in [5, 5.41) is 4.07. The van der Waals surface area contributed by atoms with Crippen LogP contribution in [0.25, 0.3) is 22.0 Å². The van der Waals surface area contributed by atoms with Crippen LogP contribution in [0.15, 0.2) is 51.9 Å². The molecule has 2 aromatic carbocycles. The lowest BCUT2D eigenvalue weighted by Crippen LogP contribution is -2.14. The van der Waals surface area contributed by atoms with Crippen molar-refractivity contribution in [2.24, 2.45) is 0 Å². The fourth-order valence-corrected chi connectivity index (χ4v) is 3.63. The van der Waals surface area contributed by atoms with E-state index in [1.807, 2.05) is 37.3 Å². The standard InChI is InChI=1S/C24H26N4O5/c1-3-31-17-10-8-16(9-11-17)27-23-18-13-20-21(14-19(18)25-15-26-23)33-24(30)28(20)12-6-5-7-22(29)32-4-2/h8-11,13-15H,3-7,12H2,1-2H3,(H,25,26,27). The van der Waals surface area contributed by atoms with E-state index in [0.717, 1.165) is 16.8 Å². The lowest BCUT2D eigenvalue weighted by Gasteiger charge is -2.10. The van der Waals surface area contributed by atoms with Gasteiger partial charge < -0.3 is 19.2 Å². The number of rotatable bonds is 10. The number of anilines is 2. The molecule has 4 rings (SSSR count). The molecule has 9 heteroatoms. The van der Waals surface area contributed by atoms with Crippen molar-refractivity contribution in [1.82, 2.24) is 14.5 Å². The first-order valence-corrected chi connectivity index (χ1v) is 11.0. The Hall–Kier alpha value is -3.88. The van der Waals surface area contributed by atoms with Crippen LogP contribution in [0.1, 0.15) is 33.1 Å². The number of carbonyl (C=O) groups excluding carboxylic acids is 1. The summed E-state index contributed by atoms with van der Waals surface area (Å²) >= 11 is 0. The van der Waals surface area contributed by atoms with Crippen LogP contribution in [0.2, 0.25) is 0 Å². The molecule has 0 amide bonds. The second-order valence-corrected chi connectivity index (χ2v) is 7.42. The molecule has 0 aliphatic heterocycles. The number of oxazole rings is 1. The molecular weight excluding hydrogens is 424 g/mol. The number of unbranched alkanes of at least 4 members (excludes halogenated alkanes) is 1. The van der Waals surface area contributed by atoms with E-state index in [1.54, 1.807) is 17.6 Å². The number of aromatic nitrogens is 3. The maximum atomic E-state index is 12.5. The van der Waals surface area contributed by atoms with Gasteiger partial charge in [0.25, 0.3) is 0 Å². The molecule has 0 saturated heterocycles. The Kier molecular flexibility index (Phi) is 6.87. The minimum absolute atomic E-state index is 0.227. The lowest BCUT2D eigenvalue weighted by atomic mass is 10.2. The quantitative estimate of drug-likeness (QED) is 0.279. The highest BCUT2D eigenvalue weighted by molar-refractivity contribution is 5.98. The SMILES string of the molecule is CCOC(=O)CCCCn1c(=O)oc2cc3ncnc(Nc4ccc(OCC)cc4)c3cc21. The first-order valence-electron chi connectivity index (χ1n) is 11.0. The molecule has 0 unspecified atom stereocenters. The number of ether oxygens (including phenoxy) is 2. The van der Waals surface area contributed by atoms with Gasteiger partial charge in [0, 0.05) is 30.1 Å². The van der Waals surface area contributed by atoms with Crippen molar-refractivity contribution < 1.29 is 18.7 Å². The third-order valence-electron chi connectivity index (χ3n) is 5.17. The zero-order valence-electron chi connectivity index (χ0n) is 18.7. The average molecular weight is 450 g/mol. The highest BCUT2D eigenvalue weighted by Gasteiger charge is 2.14. The van der Waals surface area contributed by atoms with Crippen molar-refractivity contribution in [1.29, 1.82) is 0 Å². The summed E-state index contributed by atoms with van der Waals surface area (Å²) in [7, 11) is 0. The maximum absolute atomic E-state index is 12.5. The molecule has 4 aromatic rings. The van der Waals surface area contributed by atoms with E-state index in [9.17, 15) is 9.59 Å². The molecule has 2 aromatic heterocycles. The molecule has 0 radical (unpaired) electrons. The van der Waals surface area contributed by atoms with Crippen LogP contribution in [0.5, 0.6) is 5.75 Å². The second-order valence-electron chi connectivity index (χ2n) is 7.42. The minimum atomic E-state index is -0.439. The van der Waals surface area contributed by atoms with E-state index in [4.69, 9.17) is 13.9 Å². The van der Waals surface area contributed by atoms with Crippen molar-refractivity contribution in [2.75, 3.05) is 18.5 Å². The normalized spacial score (nSPS) is 11.1. The zero-order valence-corrected chi connectivity index (χ0v) is 18.7. The number of benzene rings is 2. The number of aryl methyl sites for hydroxylation is 1. The van der Waals surface area contributed by atoms with E-state index in [1.165, 1.54) is 6.33 Å². The summed E-state index contributed by atoms with van der Waals surface area (Å²) in [6.45, 7) is 5.13. The third kappa shape index (κ3) is 5.14. The molecule has 0 bridgehead atoms. The summed E-state index contributed by atoms with van der Waals surface area (Å²) in [6.07, 6.45) is 3.06. The highest BCUT2D eigenvalue weighted by atomic mass is 16.5. The summed E-state index contributed by atoms with van der Waals surface area (Å²) in [6, 6.07) is 11.2. The van der Waals surface area contributed by atoms with E-state index < -0.39 is 5.76 Å². The molecule has 9 nitrogen and oxygen atoms in total. The summed E-state index contributed by atoms with van der Waals surface area (Å²) in [5.41, 5.74) is 2.63. The van der Waals surface area contributed by atoms with Gasteiger partial charge in [0.15, 0.2) is 5.58 Å². The van der Waals surface area contributed by atoms with Gasteiger partial charge in [0.05, 0.1) is 24.2 Å². The van der Waals surface area contributed by atoms with Crippen molar-refractivity contribution in [3.63, 3.8) is 0 Å². The Morgan fingerprint density at radius 2 is 1.91 bits per heavy atom. The van der Waals surface area contributed by atoms with Gasteiger partial charge in [-0.05, 0) is 57.0 Å². The molecule has 172 valence electrons. The van der Waals surface area contributed by atoms with Crippen LogP contribution in [0.4, 0.5) is 11.5 Å². The van der Waals surface area contributed by atoms with Gasteiger partial charge in [-0.25, -0.2) is 14.8 Å². The molecule has 0 aliphatic carbocycles. The van der Waals surface area contributed by atoms with E-state index >= 15 is 0 Å². The minimum Gasteiger partial charge on any atom is -0.494 e. The fraction of sp³-hybridized carbons (Fsp3) is 0.333. The van der Waals surface area contributed by atoms with Crippen LogP contribution >= 0.6 is 0 Å². The molecule has 33 heavy (non-hydrogen) atoms. The first-order chi connectivity index (χ1) is 16.1. The zero-order chi connectivity index (χ0) is 23.2. The average Bonchev–Trinajstić information content (AvgIpc) is 3.11.